The van der Waals surface area contributed by atoms with Crippen molar-refractivity contribution in [2.75, 3.05) is 20.1 Å². The van der Waals surface area contributed by atoms with E-state index in [0.717, 1.165) is 6.54 Å². The molecule has 0 radical (unpaired) electrons. The van der Waals surface area contributed by atoms with Gasteiger partial charge >= 0.3 is 0 Å². The van der Waals surface area contributed by atoms with E-state index in [4.69, 9.17) is 5.73 Å². The molecule has 3 N–H and O–H groups in total. The van der Waals surface area contributed by atoms with Crippen LogP contribution in [0.3, 0.4) is 0 Å². The normalized spacial score (nSPS) is 14.3. The molecule has 0 heterocycles. The number of nitrogens with zero attached hydrogens (tertiary/aromatic N) is 1. The van der Waals surface area contributed by atoms with Gasteiger partial charge in [0.1, 0.15) is 0 Å². The number of hydrogen-bond acceptors (Lipinski definition) is 3. The van der Waals surface area contributed by atoms with Crippen LogP contribution in [0.4, 0.5) is 0 Å². The molecule has 0 saturated carbocycles. The standard InChI is InChI=1S/C12H27N3O/c1-9(2)15(6)8-7-14-11(16)10(13)12(3,4)5/h9-10H,7-8,13H2,1-6H3,(H,14,16)/t10-/m0/s1. The second kappa shape index (κ2) is 6.21. The first-order valence-electron chi connectivity index (χ1n) is 5.89. The lowest BCUT2D eigenvalue weighted by Crippen LogP contribution is -2.50. The zero-order chi connectivity index (χ0) is 12.9. The van der Waals surface area contributed by atoms with E-state index in [1.807, 2.05) is 27.8 Å². The van der Waals surface area contributed by atoms with E-state index in [9.17, 15) is 4.79 Å². The van der Waals surface area contributed by atoms with Gasteiger partial charge in [-0.15, -0.1) is 0 Å². The Hall–Kier alpha value is -0.610. The van der Waals surface area contributed by atoms with Crippen molar-refractivity contribution < 1.29 is 4.79 Å². The van der Waals surface area contributed by atoms with E-state index in [0.29, 0.717) is 12.6 Å². The summed E-state index contributed by atoms with van der Waals surface area (Å²) < 4.78 is 0. The number of likely N-dealkylation sites (N-methyl/N-ethyl adjacent to an activating group) is 1. The van der Waals surface area contributed by atoms with Crippen LogP contribution >= 0.6 is 0 Å². The van der Waals surface area contributed by atoms with Gasteiger partial charge in [0.05, 0.1) is 6.04 Å². The van der Waals surface area contributed by atoms with Gasteiger partial charge in [-0.25, -0.2) is 0 Å². The molecule has 0 fully saturated rings. The Balaban J connectivity index is 3.91. The van der Waals surface area contributed by atoms with Crippen LogP contribution in [0.2, 0.25) is 0 Å². The molecule has 0 aromatic heterocycles. The number of carbonyl (C=O) groups is 1. The molecule has 0 aromatic rings. The monoisotopic (exact) mass is 229 g/mol. The van der Waals surface area contributed by atoms with Crippen LogP contribution in [0.25, 0.3) is 0 Å². The van der Waals surface area contributed by atoms with Crippen LogP contribution in [0, 0.1) is 5.41 Å². The first kappa shape index (κ1) is 15.4. The van der Waals surface area contributed by atoms with E-state index < -0.39 is 6.04 Å². The molecule has 0 aliphatic rings. The van der Waals surface area contributed by atoms with Gasteiger partial charge < -0.3 is 16.0 Å². The molecule has 0 rings (SSSR count). The third-order valence-electron chi connectivity index (χ3n) is 2.86. The Labute approximate surface area is 99.6 Å². The molecule has 1 amide bonds. The third-order valence-corrected chi connectivity index (χ3v) is 2.86. The minimum Gasteiger partial charge on any atom is -0.353 e. The Morgan fingerprint density at radius 2 is 1.88 bits per heavy atom. The summed E-state index contributed by atoms with van der Waals surface area (Å²) in [4.78, 5) is 13.9. The molecular formula is C12H27N3O. The zero-order valence-corrected chi connectivity index (χ0v) is 11.5. The van der Waals surface area contributed by atoms with Gasteiger partial charge in [-0.05, 0) is 26.3 Å². The second-order valence-electron chi connectivity index (χ2n) is 5.71. The van der Waals surface area contributed by atoms with Gasteiger partial charge in [-0.3, -0.25) is 4.79 Å². The Kier molecular flexibility index (Phi) is 5.97. The highest BCUT2D eigenvalue weighted by Crippen LogP contribution is 2.16. The molecule has 0 aliphatic carbocycles. The predicted octanol–water partition coefficient (Wildman–Crippen LogP) is 0.816. The molecule has 0 saturated heterocycles. The van der Waals surface area contributed by atoms with Crippen LogP contribution in [-0.4, -0.2) is 43.0 Å². The highest BCUT2D eigenvalue weighted by Gasteiger charge is 2.26. The van der Waals surface area contributed by atoms with Crippen LogP contribution in [0.5, 0.6) is 0 Å². The SMILES string of the molecule is CC(C)N(C)CCNC(=O)[C@H](N)C(C)(C)C. The van der Waals surface area contributed by atoms with E-state index >= 15 is 0 Å². The molecule has 16 heavy (non-hydrogen) atoms. The highest BCUT2D eigenvalue weighted by molar-refractivity contribution is 5.82. The topological polar surface area (TPSA) is 58.4 Å². The van der Waals surface area contributed by atoms with Crippen molar-refractivity contribution >= 4 is 5.91 Å². The summed E-state index contributed by atoms with van der Waals surface area (Å²) in [5.74, 6) is -0.0651. The summed E-state index contributed by atoms with van der Waals surface area (Å²) >= 11 is 0. The zero-order valence-electron chi connectivity index (χ0n) is 11.5. The maximum absolute atomic E-state index is 11.7. The fourth-order valence-electron chi connectivity index (χ4n) is 1.12. The summed E-state index contributed by atoms with van der Waals surface area (Å²) in [6, 6.07) is 0.0463. The fourth-order valence-corrected chi connectivity index (χ4v) is 1.12. The van der Waals surface area contributed by atoms with Crippen molar-refractivity contribution in [3.05, 3.63) is 0 Å². The number of amides is 1. The lowest BCUT2D eigenvalue weighted by atomic mass is 9.87. The average molecular weight is 229 g/mol. The summed E-state index contributed by atoms with van der Waals surface area (Å²) in [5.41, 5.74) is 5.66. The minimum absolute atomic E-state index is 0.0651. The van der Waals surface area contributed by atoms with Gasteiger partial charge in [0.15, 0.2) is 0 Å². The van der Waals surface area contributed by atoms with Crippen LogP contribution < -0.4 is 11.1 Å². The quantitative estimate of drug-likeness (QED) is 0.733. The number of rotatable bonds is 5. The fraction of sp³-hybridized carbons (Fsp3) is 0.917. The lowest BCUT2D eigenvalue weighted by molar-refractivity contribution is -0.124. The number of nitrogens with two attached hydrogens (primary N) is 1. The van der Waals surface area contributed by atoms with Crippen molar-refractivity contribution in [1.82, 2.24) is 10.2 Å². The van der Waals surface area contributed by atoms with Gasteiger partial charge in [0, 0.05) is 19.1 Å². The first-order valence-corrected chi connectivity index (χ1v) is 5.89. The molecule has 0 bridgehead atoms. The van der Waals surface area contributed by atoms with E-state index in [-0.39, 0.29) is 11.3 Å². The minimum atomic E-state index is -0.447. The van der Waals surface area contributed by atoms with Gasteiger partial charge in [0.2, 0.25) is 5.91 Å². The largest absolute Gasteiger partial charge is 0.353 e. The predicted molar refractivity (Wildman–Crippen MR) is 68.2 cm³/mol. The van der Waals surface area contributed by atoms with Crippen LogP contribution in [0.1, 0.15) is 34.6 Å². The highest BCUT2D eigenvalue weighted by atomic mass is 16.2. The maximum Gasteiger partial charge on any atom is 0.237 e. The van der Waals surface area contributed by atoms with Crippen molar-refractivity contribution in [2.45, 2.75) is 46.7 Å². The maximum atomic E-state index is 11.7. The Morgan fingerprint density at radius 3 is 2.25 bits per heavy atom. The van der Waals surface area contributed by atoms with Crippen molar-refractivity contribution in [2.24, 2.45) is 11.1 Å². The second-order valence-corrected chi connectivity index (χ2v) is 5.71. The summed E-state index contributed by atoms with van der Waals surface area (Å²) in [6.07, 6.45) is 0. The first-order chi connectivity index (χ1) is 7.16. The van der Waals surface area contributed by atoms with Gasteiger partial charge in [-0.1, -0.05) is 20.8 Å². The van der Waals surface area contributed by atoms with E-state index in [2.05, 4.69) is 24.1 Å². The molecular weight excluding hydrogens is 202 g/mol. The summed E-state index contributed by atoms with van der Waals surface area (Å²) in [7, 11) is 2.04. The Morgan fingerprint density at radius 1 is 1.38 bits per heavy atom. The molecule has 0 spiro atoms. The van der Waals surface area contributed by atoms with Crippen molar-refractivity contribution in [1.29, 1.82) is 0 Å². The molecule has 0 aromatic carbocycles. The lowest BCUT2D eigenvalue weighted by Gasteiger charge is -2.27. The number of carbonyl (C=O) groups excluding carboxylic acids is 1. The smallest absolute Gasteiger partial charge is 0.237 e. The molecule has 96 valence electrons. The molecule has 1 atom stereocenters. The third kappa shape index (κ3) is 5.47. The van der Waals surface area contributed by atoms with E-state index in [1.54, 1.807) is 0 Å². The molecule has 0 aliphatic heterocycles. The van der Waals surface area contributed by atoms with Gasteiger partial charge in [-0.2, -0.15) is 0 Å². The Bertz CT molecular complexity index is 221. The summed E-state index contributed by atoms with van der Waals surface area (Å²) in [6.45, 7) is 11.7. The molecule has 4 nitrogen and oxygen atoms in total. The number of nitrogens with one attached hydrogen (secondary N) is 1. The van der Waals surface area contributed by atoms with Crippen LogP contribution in [-0.2, 0) is 4.79 Å². The van der Waals surface area contributed by atoms with Crippen LogP contribution in [0.15, 0.2) is 0 Å². The molecule has 4 heteroatoms. The number of hydrogen-bond donors (Lipinski definition) is 2. The van der Waals surface area contributed by atoms with E-state index in [1.165, 1.54) is 0 Å². The average Bonchev–Trinajstić information content (AvgIpc) is 2.14. The van der Waals surface area contributed by atoms with Crippen molar-refractivity contribution in [3.63, 3.8) is 0 Å². The van der Waals surface area contributed by atoms with Crippen molar-refractivity contribution in [3.8, 4) is 0 Å². The summed E-state index contributed by atoms with van der Waals surface area (Å²) in [5, 5.41) is 2.87. The molecule has 0 unspecified atom stereocenters. The van der Waals surface area contributed by atoms with Gasteiger partial charge in [0.25, 0.3) is 0 Å².